The molecule has 2 aromatic rings. The summed E-state index contributed by atoms with van der Waals surface area (Å²) in [4.78, 5) is 3.46. The Kier molecular flexibility index (Phi) is 3.55. The zero-order valence-corrected chi connectivity index (χ0v) is 11.5. The maximum Gasteiger partial charge on any atom is 0.0895 e. The molecule has 1 aromatic carbocycles. The third-order valence-electron chi connectivity index (χ3n) is 3.89. The van der Waals surface area contributed by atoms with Gasteiger partial charge in [0.25, 0.3) is 0 Å². The topological polar surface area (TPSA) is 49.1 Å². The maximum absolute atomic E-state index is 5.92. The van der Waals surface area contributed by atoms with Crippen molar-refractivity contribution < 1.29 is 4.74 Å². The van der Waals surface area contributed by atoms with Gasteiger partial charge in [-0.15, -0.1) is 0 Å². The first-order chi connectivity index (χ1) is 9.31. The van der Waals surface area contributed by atoms with Gasteiger partial charge in [0, 0.05) is 29.7 Å². The summed E-state index contributed by atoms with van der Waals surface area (Å²) < 4.78 is 5.92. The van der Waals surface area contributed by atoms with E-state index in [1.54, 1.807) is 0 Å². The molecule has 0 radical (unpaired) electrons. The second-order valence-corrected chi connectivity index (χ2v) is 5.09. The molecule has 4 nitrogen and oxygen atoms in total. The minimum absolute atomic E-state index is 0.177. The minimum atomic E-state index is 0.177. The van der Waals surface area contributed by atoms with Crippen molar-refractivity contribution >= 4 is 10.9 Å². The Labute approximate surface area is 113 Å². The first kappa shape index (κ1) is 12.7. The van der Waals surface area contributed by atoms with Crippen molar-refractivity contribution in [2.45, 2.75) is 19.1 Å². The van der Waals surface area contributed by atoms with Crippen molar-refractivity contribution in [1.29, 1.82) is 0 Å². The Morgan fingerprint density at radius 1 is 1.37 bits per heavy atom. The van der Waals surface area contributed by atoms with E-state index in [2.05, 4.69) is 46.8 Å². The zero-order chi connectivity index (χ0) is 13.2. The number of para-hydroxylation sites is 1. The Balaban J connectivity index is 2.02. The fraction of sp³-hybridized carbons (Fsp3) is 0.467. The van der Waals surface area contributed by atoms with Gasteiger partial charge in [-0.05, 0) is 25.6 Å². The van der Waals surface area contributed by atoms with Crippen molar-refractivity contribution in [2.24, 2.45) is 0 Å². The van der Waals surface area contributed by atoms with Crippen molar-refractivity contribution in [2.75, 3.05) is 26.7 Å². The van der Waals surface area contributed by atoms with Gasteiger partial charge >= 0.3 is 0 Å². The lowest BCUT2D eigenvalue weighted by atomic mass is 9.97. The summed E-state index contributed by atoms with van der Waals surface area (Å²) in [5, 5.41) is 8.11. The van der Waals surface area contributed by atoms with Crippen molar-refractivity contribution in [3.63, 3.8) is 0 Å². The van der Waals surface area contributed by atoms with E-state index in [9.17, 15) is 0 Å². The lowest BCUT2D eigenvalue weighted by molar-refractivity contribution is 0.00554. The van der Waals surface area contributed by atoms with Crippen molar-refractivity contribution in [3.05, 3.63) is 35.5 Å². The van der Waals surface area contributed by atoms with Gasteiger partial charge in [0.05, 0.1) is 18.8 Å². The summed E-state index contributed by atoms with van der Waals surface area (Å²) >= 11 is 0. The highest BCUT2D eigenvalue weighted by Crippen LogP contribution is 2.30. The number of likely N-dealkylation sites (N-methyl/N-ethyl adjacent to an activating group) is 1. The second kappa shape index (κ2) is 5.33. The smallest absolute Gasteiger partial charge is 0.0895 e. The van der Waals surface area contributed by atoms with Gasteiger partial charge in [0.15, 0.2) is 0 Å². The molecule has 0 amide bonds. The van der Waals surface area contributed by atoms with E-state index < -0.39 is 0 Å². The number of fused-ring (bicyclic) bond motifs is 1. The fourth-order valence-corrected chi connectivity index (χ4v) is 3.02. The van der Waals surface area contributed by atoms with E-state index in [1.165, 1.54) is 22.2 Å². The van der Waals surface area contributed by atoms with Crippen LogP contribution in [0.25, 0.3) is 10.9 Å². The van der Waals surface area contributed by atoms with Gasteiger partial charge in [-0.1, -0.05) is 18.2 Å². The van der Waals surface area contributed by atoms with E-state index in [1.807, 2.05) is 7.05 Å². The third kappa shape index (κ3) is 2.27. The number of benzene rings is 1. The molecule has 0 saturated carbocycles. The minimum Gasteiger partial charge on any atom is -0.374 e. The molecule has 1 fully saturated rings. The summed E-state index contributed by atoms with van der Waals surface area (Å²) in [6, 6.07) is 8.66. The van der Waals surface area contributed by atoms with Crippen LogP contribution in [0.2, 0.25) is 0 Å². The lowest BCUT2D eigenvalue weighted by Gasteiger charge is -2.31. The van der Waals surface area contributed by atoms with E-state index in [-0.39, 0.29) is 12.1 Å². The first-order valence-electron chi connectivity index (χ1n) is 6.88. The Morgan fingerprint density at radius 2 is 2.21 bits per heavy atom. The van der Waals surface area contributed by atoms with Gasteiger partial charge < -0.3 is 20.4 Å². The fourth-order valence-electron chi connectivity index (χ4n) is 3.02. The van der Waals surface area contributed by atoms with E-state index >= 15 is 0 Å². The van der Waals surface area contributed by atoms with Crippen LogP contribution in [0, 0.1) is 6.92 Å². The molecule has 0 spiro atoms. The SMILES string of the molecule is CNC(c1c(C)[nH]c2ccccc12)C1CNCCO1. The second-order valence-electron chi connectivity index (χ2n) is 5.09. The standard InChI is InChI=1S/C15H21N3O/c1-10-14(11-5-3-4-6-12(11)18-10)15(16-2)13-9-17-7-8-19-13/h3-6,13,15-18H,7-9H2,1-2H3. The molecule has 102 valence electrons. The Morgan fingerprint density at radius 3 is 2.95 bits per heavy atom. The maximum atomic E-state index is 5.92. The van der Waals surface area contributed by atoms with Crippen LogP contribution in [-0.4, -0.2) is 37.8 Å². The molecule has 3 N–H and O–H groups in total. The number of aromatic amines is 1. The number of aromatic nitrogens is 1. The molecule has 1 aromatic heterocycles. The normalized spacial score (nSPS) is 21.7. The van der Waals surface area contributed by atoms with Crippen LogP contribution in [0.3, 0.4) is 0 Å². The van der Waals surface area contributed by atoms with Crippen LogP contribution in [0.4, 0.5) is 0 Å². The molecule has 3 rings (SSSR count). The lowest BCUT2D eigenvalue weighted by Crippen LogP contribution is -2.45. The molecule has 1 saturated heterocycles. The number of rotatable bonds is 3. The summed E-state index contributed by atoms with van der Waals surface area (Å²) in [5.41, 5.74) is 3.74. The van der Waals surface area contributed by atoms with Crippen LogP contribution < -0.4 is 10.6 Å². The molecule has 2 heterocycles. The van der Waals surface area contributed by atoms with E-state index in [0.29, 0.717) is 0 Å². The van der Waals surface area contributed by atoms with Gasteiger partial charge in [0.2, 0.25) is 0 Å². The largest absolute Gasteiger partial charge is 0.374 e. The molecule has 2 unspecified atom stereocenters. The van der Waals surface area contributed by atoms with E-state index in [4.69, 9.17) is 4.74 Å². The molecule has 2 atom stereocenters. The van der Waals surface area contributed by atoms with E-state index in [0.717, 1.165) is 19.7 Å². The highest BCUT2D eigenvalue weighted by Gasteiger charge is 2.28. The highest BCUT2D eigenvalue weighted by molar-refractivity contribution is 5.85. The number of aryl methyl sites for hydroxylation is 1. The predicted octanol–water partition coefficient (Wildman–Crippen LogP) is 1.73. The summed E-state index contributed by atoms with van der Waals surface area (Å²) in [6.45, 7) is 4.75. The number of morpholine rings is 1. The zero-order valence-electron chi connectivity index (χ0n) is 11.5. The molecular formula is C15H21N3O. The van der Waals surface area contributed by atoms with Gasteiger partial charge in [-0.2, -0.15) is 0 Å². The predicted molar refractivity (Wildman–Crippen MR) is 77.4 cm³/mol. The van der Waals surface area contributed by atoms with Gasteiger partial charge in [-0.25, -0.2) is 0 Å². The van der Waals surface area contributed by atoms with Crippen LogP contribution in [0.1, 0.15) is 17.3 Å². The first-order valence-corrected chi connectivity index (χ1v) is 6.88. The van der Waals surface area contributed by atoms with Crippen LogP contribution >= 0.6 is 0 Å². The molecule has 0 aliphatic carbocycles. The van der Waals surface area contributed by atoms with Crippen molar-refractivity contribution in [1.82, 2.24) is 15.6 Å². The number of hydrogen-bond donors (Lipinski definition) is 3. The summed E-state index contributed by atoms with van der Waals surface area (Å²) in [5.74, 6) is 0. The van der Waals surface area contributed by atoms with Crippen LogP contribution in [0.15, 0.2) is 24.3 Å². The van der Waals surface area contributed by atoms with Crippen LogP contribution in [0.5, 0.6) is 0 Å². The molecule has 0 bridgehead atoms. The molecule has 1 aliphatic rings. The Hall–Kier alpha value is -1.36. The number of ether oxygens (including phenoxy) is 1. The molecule has 19 heavy (non-hydrogen) atoms. The number of H-pyrrole nitrogens is 1. The quantitative estimate of drug-likeness (QED) is 0.786. The van der Waals surface area contributed by atoms with Crippen molar-refractivity contribution in [3.8, 4) is 0 Å². The molecular weight excluding hydrogens is 238 g/mol. The van der Waals surface area contributed by atoms with Gasteiger partial charge in [0.1, 0.15) is 0 Å². The van der Waals surface area contributed by atoms with Gasteiger partial charge in [-0.3, -0.25) is 0 Å². The highest BCUT2D eigenvalue weighted by atomic mass is 16.5. The third-order valence-corrected chi connectivity index (χ3v) is 3.89. The summed E-state index contributed by atoms with van der Waals surface area (Å²) in [7, 11) is 2.00. The average molecular weight is 259 g/mol. The molecule has 4 heteroatoms. The Bertz CT molecular complexity index is 558. The average Bonchev–Trinajstić information content (AvgIpc) is 2.78. The summed E-state index contributed by atoms with van der Waals surface area (Å²) in [6.07, 6.45) is 0.177. The monoisotopic (exact) mass is 259 g/mol. The number of nitrogens with one attached hydrogen (secondary N) is 3. The van der Waals surface area contributed by atoms with Crippen LogP contribution in [-0.2, 0) is 4.74 Å². The molecule has 1 aliphatic heterocycles. The number of hydrogen-bond acceptors (Lipinski definition) is 3.